The van der Waals surface area contributed by atoms with Crippen molar-refractivity contribution < 1.29 is 0 Å². The fourth-order valence-electron chi connectivity index (χ4n) is 2.20. The molecule has 2 nitrogen and oxygen atoms in total. The van der Waals surface area contributed by atoms with Crippen LogP contribution in [0.4, 0.5) is 0 Å². The van der Waals surface area contributed by atoms with Gasteiger partial charge >= 0.3 is 0 Å². The summed E-state index contributed by atoms with van der Waals surface area (Å²) < 4.78 is 0. The van der Waals surface area contributed by atoms with Gasteiger partial charge in [0.15, 0.2) is 0 Å². The molecule has 0 aromatic heterocycles. The summed E-state index contributed by atoms with van der Waals surface area (Å²) in [6.45, 7) is 9.10. The molecule has 0 saturated heterocycles. The Morgan fingerprint density at radius 1 is 1.08 bits per heavy atom. The Kier molecular flexibility index (Phi) is 5.57. The lowest BCUT2D eigenvalue weighted by molar-refractivity contribution is 0.183. The highest BCUT2D eigenvalue weighted by Gasteiger charge is 2.33. The van der Waals surface area contributed by atoms with E-state index in [0.29, 0.717) is 17.5 Å². The maximum atomic E-state index is 3.49. The highest BCUT2D eigenvalue weighted by atomic mass is 15.0. The lowest BCUT2D eigenvalue weighted by atomic mass is 9.77. The van der Waals surface area contributed by atoms with Gasteiger partial charge in [-0.1, -0.05) is 20.8 Å². The van der Waals surface area contributed by atoms with Gasteiger partial charge in [0.1, 0.15) is 0 Å². The van der Waals surface area contributed by atoms with Gasteiger partial charge in [-0.15, -0.1) is 0 Å². The van der Waals surface area contributed by atoms with Crippen LogP contribution in [-0.4, -0.2) is 25.7 Å². The van der Waals surface area contributed by atoms with E-state index in [1.165, 1.54) is 12.8 Å². The highest BCUT2D eigenvalue weighted by molar-refractivity contribution is 4.93. The molecule has 0 rings (SSSR count). The molecule has 0 aliphatic rings. The molecule has 2 heteroatoms. The average Bonchev–Trinajstić information content (AvgIpc) is 2.20. The number of rotatable bonds is 6. The first-order chi connectivity index (χ1) is 6.07. The molecule has 0 aliphatic heterocycles. The smallest absolute Gasteiger partial charge is 0.0213 e. The normalized spacial score (nSPS) is 17.1. The van der Waals surface area contributed by atoms with E-state index in [1.807, 2.05) is 7.05 Å². The average molecular weight is 186 g/mol. The van der Waals surface area contributed by atoms with Crippen molar-refractivity contribution in [3.8, 4) is 0 Å². The van der Waals surface area contributed by atoms with Gasteiger partial charge in [0.2, 0.25) is 0 Å². The van der Waals surface area contributed by atoms with E-state index in [1.54, 1.807) is 0 Å². The Morgan fingerprint density at radius 3 is 1.77 bits per heavy atom. The summed E-state index contributed by atoms with van der Waals surface area (Å²) >= 11 is 0. The maximum Gasteiger partial charge on any atom is 0.0213 e. The standard InChI is InChI=1S/C11H26N2/c1-7-11(8-2,13-6)9(3)10(4)12-5/h9-10,12-13H,7-8H2,1-6H3. The van der Waals surface area contributed by atoms with Crippen LogP contribution in [0.5, 0.6) is 0 Å². The fourth-order valence-corrected chi connectivity index (χ4v) is 2.20. The zero-order chi connectivity index (χ0) is 10.5. The Morgan fingerprint density at radius 2 is 1.54 bits per heavy atom. The molecule has 2 N–H and O–H groups in total. The molecule has 0 bridgehead atoms. The molecule has 13 heavy (non-hydrogen) atoms. The van der Waals surface area contributed by atoms with Gasteiger partial charge in [-0.3, -0.25) is 0 Å². The number of hydrogen-bond donors (Lipinski definition) is 2. The first-order valence-electron chi connectivity index (χ1n) is 5.44. The maximum absolute atomic E-state index is 3.49. The van der Waals surface area contributed by atoms with Gasteiger partial charge in [0.25, 0.3) is 0 Å². The Balaban J connectivity index is 4.52. The molecule has 80 valence electrons. The summed E-state index contributed by atoms with van der Waals surface area (Å²) in [5.41, 5.74) is 0.294. The van der Waals surface area contributed by atoms with Crippen LogP contribution < -0.4 is 10.6 Å². The van der Waals surface area contributed by atoms with Crippen LogP contribution in [0, 0.1) is 5.92 Å². The van der Waals surface area contributed by atoms with Crippen molar-refractivity contribution in [2.75, 3.05) is 14.1 Å². The van der Waals surface area contributed by atoms with Crippen molar-refractivity contribution in [3.05, 3.63) is 0 Å². The van der Waals surface area contributed by atoms with E-state index in [0.717, 1.165) is 0 Å². The summed E-state index contributed by atoms with van der Waals surface area (Å²) in [7, 11) is 4.11. The Labute approximate surface area is 83.5 Å². The van der Waals surface area contributed by atoms with E-state index in [9.17, 15) is 0 Å². The van der Waals surface area contributed by atoms with Crippen molar-refractivity contribution in [2.24, 2.45) is 5.92 Å². The topological polar surface area (TPSA) is 24.1 Å². The highest BCUT2D eigenvalue weighted by Crippen LogP contribution is 2.27. The van der Waals surface area contributed by atoms with E-state index in [-0.39, 0.29) is 0 Å². The van der Waals surface area contributed by atoms with Crippen LogP contribution in [0.3, 0.4) is 0 Å². The van der Waals surface area contributed by atoms with Crippen LogP contribution in [0.1, 0.15) is 40.5 Å². The molecule has 0 spiro atoms. The zero-order valence-corrected chi connectivity index (χ0v) is 10.1. The van der Waals surface area contributed by atoms with Crippen LogP contribution in [-0.2, 0) is 0 Å². The molecular formula is C11H26N2. The quantitative estimate of drug-likeness (QED) is 0.663. The summed E-state index contributed by atoms with van der Waals surface area (Å²) in [5.74, 6) is 0.650. The molecule has 2 atom stereocenters. The minimum absolute atomic E-state index is 0.294. The second-order valence-corrected chi connectivity index (χ2v) is 3.98. The monoisotopic (exact) mass is 186 g/mol. The number of hydrogen-bond acceptors (Lipinski definition) is 2. The van der Waals surface area contributed by atoms with Crippen LogP contribution >= 0.6 is 0 Å². The molecule has 0 saturated carbocycles. The Bertz CT molecular complexity index is 122. The van der Waals surface area contributed by atoms with Crippen LogP contribution in [0.15, 0.2) is 0 Å². The van der Waals surface area contributed by atoms with Gasteiger partial charge in [0.05, 0.1) is 0 Å². The largest absolute Gasteiger partial charge is 0.317 e. The predicted octanol–water partition coefficient (Wildman–Crippen LogP) is 2.01. The third-order valence-electron chi connectivity index (χ3n) is 3.84. The first-order valence-corrected chi connectivity index (χ1v) is 5.44. The van der Waals surface area contributed by atoms with E-state index < -0.39 is 0 Å². The minimum atomic E-state index is 0.294. The van der Waals surface area contributed by atoms with Gasteiger partial charge in [-0.05, 0) is 39.8 Å². The lowest BCUT2D eigenvalue weighted by Gasteiger charge is -2.40. The summed E-state index contributed by atoms with van der Waals surface area (Å²) in [6.07, 6.45) is 2.38. The molecule has 0 aromatic rings. The molecule has 0 heterocycles. The van der Waals surface area contributed by atoms with Crippen molar-refractivity contribution in [1.29, 1.82) is 0 Å². The fraction of sp³-hybridized carbons (Fsp3) is 1.00. The van der Waals surface area contributed by atoms with E-state index >= 15 is 0 Å². The Hall–Kier alpha value is -0.0800. The van der Waals surface area contributed by atoms with Crippen LogP contribution in [0.25, 0.3) is 0 Å². The lowest BCUT2D eigenvalue weighted by Crippen LogP contribution is -2.53. The van der Waals surface area contributed by atoms with E-state index in [2.05, 4.69) is 45.4 Å². The zero-order valence-electron chi connectivity index (χ0n) is 10.1. The predicted molar refractivity (Wildman–Crippen MR) is 60.1 cm³/mol. The molecule has 0 aliphatic carbocycles. The molecule has 0 amide bonds. The third-order valence-corrected chi connectivity index (χ3v) is 3.84. The second-order valence-electron chi connectivity index (χ2n) is 3.98. The van der Waals surface area contributed by atoms with E-state index in [4.69, 9.17) is 0 Å². The molecule has 0 radical (unpaired) electrons. The third kappa shape index (κ3) is 2.68. The van der Waals surface area contributed by atoms with Crippen molar-refractivity contribution in [3.63, 3.8) is 0 Å². The first kappa shape index (κ1) is 12.9. The van der Waals surface area contributed by atoms with Crippen molar-refractivity contribution in [1.82, 2.24) is 10.6 Å². The second kappa shape index (κ2) is 5.61. The minimum Gasteiger partial charge on any atom is -0.317 e. The molecule has 0 aromatic carbocycles. The summed E-state index contributed by atoms with van der Waals surface area (Å²) in [5, 5.41) is 6.82. The van der Waals surface area contributed by atoms with Gasteiger partial charge in [-0.25, -0.2) is 0 Å². The SMILES string of the molecule is CCC(CC)(NC)C(C)C(C)NC. The van der Waals surface area contributed by atoms with Crippen molar-refractivity contribution in [2.45, 2.75) is 52.1 Å². The number of nitrogens with one attached hydrogen (secondary N) is 2. The van der Waals surface area contributed by atoms with Crippen LogP contribution in [0.2, 0.25) is 0 Å². The molecule has 2 unspecified atom stereocenters. The van der Waals surface area contributed by atoms with Gasteiger partial charge < -0.3 is 10.6 Å². The molecule has 0 fully saturated rings. The summed E-state index contributed by atoms with van der Waals surface area (Å²) in [6, 6.07) is 0.562. The van der Waals surface area contributed by atoms with Gasteiger partial charge in [0, 0.05) is 11.6 Å². The van der Waals surface area contributed by atoms with Crippen molar-refractivity contribution >= 4 is 0 Å². The molecular weight excluding hydrogens is 160 g/mol. The summed E-state index contributed by atoms with van der Waals surface area (Å²) in [4.78, 5) is 0. The van der Waals surface area contributed by atoms with Gasteiger partial charge in [-0.2, -0.15) is 0 Å².